The van der Waals surface area contributed by atoms with Crippen LogP contribution in [0.25, 0.3) is 0 Å². The Bertz CT molecular complexity index is 557. The van der Waals surface area contributed by atoms with Crippen LogP contribution in [0.3, 0.4) is 0 Å². The maximum absolute atomic E-state index is 12.8. The van der Waals surface area contributed by atoms with Crippen molar-refractivity contribution in [3.8, 4) is 0 Å². The molecule has 2 nitrogen and oxygen atoms in total. The second-order valence-electron chi connectivity index (χ2n) is 3.60. The number of rotatable bonds is 3. The van der Waals surface area contributed by atoms with Gasteiger partial charge in [0, 0.05) is 23.2 Å². The van der Waals surface area contributed by atoms with Crippen LogP contribution in [0.2, 0.25) is 5.02 Å². The monoisotopic (exact) mass is 249 g/mol. The van der Waals surface area contributed by atoms with E-state index in [9.17, 15) is 9.18 Å². The number of nitrogens with zero attached hydrogens (tertiary/aromatic N) is 1. The molecule has 1 aromatic heterocycles. The summed E-state index contributed by atoms with van der Waals surface area (Å²) in [6, 6.07) is 9.56. The predicted octanol–water partition coefficient (Wildman–Crippen LogP) is 3.30. The van der Waals surface area contributed by atoms with Crippen molar-refractivity contribution in [2.45, 2.75) is 6.42 Å². The molecule has 0 unspecified atom stereocenters. The summed E-state index contributed by atoms with van der Waals surface area (Å²) in [6.07, 6.45) is 1.48. The fourth-order valence-corrected chi connectivity index (χ4v) is 1.69. The van der Waals surface area contributed by atoms with E-state index in [-0.39, 0.29) is 12.2 Å². The van der Waals surface area contributed by atoms with Crippen LogP contribution in [0.15, 0.2) is 42.6 Å². The van der Waals surface area contributed by atoms with E-state index in [4.69, 9.17) is 11.6 Å². The number of carbonyl (C=O) groups excluding carboxylic acids is 1. The zero-order valence-electron chi connectivity index (χ0n) is 8.86. The third-order valence-corrected chi connectivity index (χ3v) is 2.54. The minimum atomic E-state index is -0.582. The molecule has 0 atom stereocenters. The second-order valence-corrected chi connectivity index (χ2v) is 4.03. The minimum absolute atomic E-state index is 0.0990. The van der Waals surface area contributed by atoms with Crippen LogP contribution in [0, 0.1) is 5.95 Å². The molecule has 1 heterocycles. The Kier molecular flexibility index (Phi) is 3.49. The molecule has 0 saturated heterocycles. The highest BCUT2D eigenvalue weighted by Crippen LogP contribution is 2.13. The van der Waals surface area contributed by atoms with Crippen molar-refractivity contribution in [2.24, 2.45) is 0 Å². The van der Waals surface area contributed by atoms with Gasteiger partial charge in [-0.1, -0.05) is 23.7 Å². The van der Waals surface area contributed by atoms with Crippen LogP contribution in [0.5, 0.6) is 0 Å². The minimum Gasteiger partial charge on any atom is -0.294 e. The zero-order valence-corrected chi connectivity index (χ0v) is 9.62. The molecule has 0 radical (unpaired) electrons. The molecule has 1 aromatic carbocycles. The molecule has 2 rings (SSSR count). The molecule has 17 heavy (non-hydrogen) atoms. The molecule has 86 valence electrons. The Morgan fingerprint density at radius 1 is 1.29 bits per heavy atom. The SMILES string of the molecule is O=C(Cc1ccnc(F)c1)c1cccc(Cl)c1. The lowest BCUT2D eigenvalue weighted by Crippen LogP contribution is -2.04. The molecular formula is C13H9ClFNO. The molecule has 0 aliphatic heterocycles. The normalized spacial score (nSPS) is 10.2. The average molecular weight is 250 g/mol. The number of Topliss-reactive ketones (excluding diaryl/α,β-unsaturated/α-hetero) is 1. The molecule has 0 amide bonds. The molecule has 2 aromatic rings. The van der Waals surface area contributed by atoms with E-state index in [1.807, 2.05) is 0 Å². The van der Waals surface area contributed by atoms with Gasteiger partial charge in [-0.2, -0.15) is 4.39 Å². The lowest BCUT2D eigenvalue weighted by molar-refractivity contribution is 0.0993. The molecule has 0 spiro atoms. The van der Waals surface area contributed by atoms with E-state index in [1.165, 1.54) is 12.3 Å². The summed E-state index contributed by atoms with van der Waals surface area (Å²) in [5, 5.41) is 0.511. The molecule has 0 saturated carbocycles. The summed E-state index contributed by atoms with van der Waals surface area (Å²) >= 11 is 5.79. The van der Waals surface area contributed by atoms with Gasteiger partial charge in [0.25, 0.3) is 0 Å². The largest absolute Gasteiger partial charge is 0.294 e. The summed E-state index contributed by atoms with van der Waals surface area (Å²) in [5.41, 5.74) is 1.12. The first-order chi connectivity index (χ1) is 8.15. The maximum Gasteiger partial charge on any atom is 0.213 e. The van der Waals surface area contributed by atoms with E-state index in [2.05, 4.69) is 4.98 Å². The summed E-state index contributed by atoms with van der Waals surface area (Å²) in [7, 11) is 0. The van der Waals surface area contributed by atoms with Gasteiger partial charge in [0.1, 0.15) is 0 Å². The number of aromatic nitrogens is 1. The van der Waals surface area contributed by atoms with Crippen molar-refractivity contribution in [3.05, 3.63) is 64.7 Å². The Labute approximate surface area is 103 Å². The van der Waals surface area contributed by atoms with Gasteiger partial charge in [0.05, 0.1) is 0 Å². The molecule has 0 bridgehead atoms. The van der Waals surface area contributed by atoms with E-state index >= 15 is 0 Å². The number of hydrogen-bond acceptors (Lipinski definition) is 2. The third-order valence-electron chi connectivity index (χ3n) is 2.30. The summed E-state index contributed by atoms with van der Waals surface area (Å²) in [5.74, 6) is -0.681. The summed E-state index contributed by atoms with van der Waals surface area (Å²) in [4.78, 5) is 15.3. The smallest absolute Gasteiger partial charge is 0.213 e. The fourth-order valence-electron chi connectivity index (χ4n) is 1.50. The number of ketones is 1. The first kappa shape index (κ1) is 11.7. The van der Waals surface area contributed by atoms with Crippen LogP contribution in [-0.4, -0.2) is 10.8 Å². The molecule has 0 N–H and O–H groups in total. The highest BCUT2D eigenvalue weighted by Gasteiger charge is 2.08. The van der Waals surface area contributed by atoms with Crippen LogP contribution in [-0.2, 0) is 6.42 Å². The Morgan fingerprint density at radius 2 is 2.12 bits per heavy atom. The molecule has 0 aliphatic carbocycles. The maximum atomic E-state index is 12.8. The lowest BCUT2D eigenvalue weighted by Gasteiger charge is -2.02. The first-order valence-electron chi connectivity index (χ1n) is 5.04. The van der Waals surface area contributed by atoms with Crippen molar-refractivity contribution in [1.82, 2.24) is 4.98 Å². The molecule has 0 aliphatic rings. The molecule has 0 fully saturated rings. The van der Waals surface area contributed by atoms with Crippen LogP contribution in [0.1, 0.15) is 15.9 Å². The van der Waals surface area contributed by atoms with Gasteiger partial charge < -0.3 is 0 Å². The quantitative estimate of drug-likeness (QED) is 0.617. The Balaban J connectivity index is 2.17. The highest BCUT2D eigenvalue weighted by molar-refractivity contribution is 6.31. The third kappa shape index (κ3) is 3.11. The van der Waals surface area contributed by atoms with Crippen molar-refractivity contribution in [1.29, 1.82) is 0 Å². The van der Waals surface area contributed by atoms with Crippen molar-refractivity contribution >= 4 is 17.4 Å². The number of hydrogen-bond donors (Lipinski definition) is 0. The molecular weight excluding hydrogens is 241 g/mol. The van der Waals surface area contributed by atoms with Crippen LogP contribution in [0.4, 0.5) is 4.39 Å². The van der Waals surface area contributed by atoms with Gasteiger partial charge in [0.15, 0.2) is 5.78 Å². The Hall–Kier alpha value is -1.74. The second kappa shape index (κ2) is 5.06. The lowest BCUT2D eigenvalue weighted by atomic mass is 10.0. The highest BCUT2D eigenvalue weighted by atomic mass is 35.5. The van der Waals surface area contributed by atoms with Gasteiger partial charge in [-0.25, -0.2) is 4.98 Å². The van der Waals surface area contributed by atoms with E-state index in [0.29, 0.717) is 16.1 Å². The van der Waals surface area contributed by atoms with Crippen molar-refractivity contribution in [3.63, 3.8) is 0 Å². The van der Waals surface area contributed by atoms with Crippen LogP contribution >= 0.6 is 11.6 Å². The number of benzene rings is 1. The van der Waals surface area contributed by atoms with Gasteiger partial charge >= 0.3 is 0 Å². The van der Waals surface area contributed by atoms with E-state index in [1.54, 1.807) is 30.3 Å². The number of halogens is 2. The predicted molar refractivity (Wildman–Crippen MR) is 63.7 cm³/mol. The average Bonchev–Trinajstić information content (AvgIpc) is 2.29. The van der Waals surface area contributed by atoms with Gasteiger partial charge in [-0.3, -0.25) is 4.79 Å². The van der Waals surface area contributed by atoms with Gasteiger partial charge in [-0.05, 0) is 29.8 Å². The van der Waals surface area contributed by atoms with Crippen molar-refractivity contribution in [2.75, 3.05) is 0 Å². The summed E-state index contributed by atoms with van der Waals surface area (Å²) < 4.78 is 12.8. The van der Waals surface area contributed by atoms with E-state index in [0.717, 1.165) is 0 Å². The van der Waals surface area contributed by atoms with E-state index < -0.39 is 5.95 Å². The zero-order chi connectivity index (χ0) is 12.3. The summed E-state index contributed by atoms with van der Waals surface area (Å²) in [6.45, 7) is 0. The number of pyridine rings is 1. The standard InChI is InChI=1S/C13H9ClFNO/c14-11-3-1-2-10(8-11)12(17)6-9-4-5-16-13(15)7-9/h1-5,7-8H,6H2. The van der Waals surface area contributed by atoms with Gasteiger partial charge in [0.2, 0.25) is 5.95 Å². The topological polar surface area (TPSA) is 30.0 Å². The first-order valence-corrected chi connectivity index (χ1v) is 5.42. The Morgan fingerprint density at radius 3 is 2.82 bits per heavy atom. The van der Waals surface area contributed by atoms with Crippen molar-refractivity contribution < 1.29 is 9.18 Å². The number of carbonyl (C=O) groups is 1. The van der Waals surface area contributed by atoms with Crippen LogP contribution < -0.4 is 0 Å². The fraction of sp³-hybridized carbons (Fsp3) is 0.0769. The molecule has 4 heteroatoms. The van der Waals surface area contributed by atoms with Gasteiger partial charge in [-0.15, -0.1) is 0 Å².